The van der Waals surface area contributed by atoms with Crippen molar-refractivity contribution in [2.75, 3.05) is 20.3 Å². The standard InChI is InChI=1S/C14H26N2OS2/c1-5-6-12-13(9-15-7-8-17-4)19-14(16-12)10-18-11(2)3/h11,15H,5-10H2,1-4H3. The average Bonchev–Trinajstić information content (AvgIpc) is 2.75. The number of nitrogens with one attached hydrogen (secondary N) is 1. The lowest BCUT2D eigenvalue weighted by Crippen LogP contribution is -2.18. The second-order valence-corrected chi connectivity index (χ2v) is 7.49. The van der Waals surface area contributed by atoms with Gasteiger partial charge in [0.2, 0.25) is 0 Å². The number of thioether (sulfide) groups is 1. The van der Waals surface area contributed by atoms with E-state index in [4.69, 9.17) is 9.72 Å². The minimum Gasteiger partial charge on any atom is -0.383 e. The number of hydrogen-bond donors (Lipinski definition) is 1. The Morgan fingerprint density at radius 1 is 1.42 bits per heavy atom. The molecule has 0 unspecified atom stereocenters. The predicted molar refractivity (Wildman–Crippen MR) is 86.1 cm³/mol. The summed E-state index contributed by atoms with van der Waals surface area (Å²) in [5.41, 5.74) is 1.29. The lowest BCUT2D eigenvalue weighted by atomic mass is 10.2. The van der Waals surface area contributed by atoms with Crippen LogP contribution in [-0.4, -0.2) is 30.5 Å². The van der Waals surface area contributed by atoms with Gasteiger partial charge in [-0.2, -0.15) is 11.8 Å². The van der Waals surface area contributed by atoms with Crippen LogP contribution in [0.4, 0.5) is 0 Å². The highest BCUT2D eigenvalue weighted by atomic mass is 32.2. The van der Waals surface area contributed by atoms with Gasteiger partial charge in [-0.25, -0.2) is 4.98 Å². The summed E-state index contributed by atoms with van der Waals surface area (Å²) in [7, 11) is 1.73. The first kappa shape index (κ1) is 17.0. The highest BCUT2D eigenvalue weighted by Crippen LogP contribution is 2.25. The van der Waals surface area contributed by atoms with E-state index in [9.17, 15) is 0 Å². The Morgan fingerprint density at radius 2 is 2.21 bits per heavy atom. The van der Waals surface area contributed by atoms with E-state index in [-0.39, 0.29) is 0 Å². The molecule has 1 heterocycles. The molecule has 1 rings (SSSR count). The summed E-state index contributed by atoms with van der Waals surface area (Å²) in [6, 6.07) is 0. The number of aryl methyl sites for hydroxylation is 1. The predicted octanol–water partition coefficient (Wildman–Crippen LogP) is 3.47. The van der Waals surface area contributed by atoms with Crippen LogP contribution in [0.2, 0.25) is 0 Å². The maximum absolute atomic E-state index is 5.05. The van der Waals surface area contributed by atoms with Gasteiger partial charge < -0.3 is 10.1 Å². The highest BCUT2D eigenvalue weighted by Gasteiger charge is 2.10. The summed E-state index contributed by atoms with van der Waals surface area (Å²) in [4.78, 5) is 6.20. The molecule has 0 saturated carbocycles. The molecule has 0 radical (unpaired) electrons. The van der Waals surface area contributed by atoms with Crippen molar-refractivity contribution in [1.29, 1.82) is 0 Å². The Bertz CT molecular complexity index is 353. The number of aromatic nitrogens is 1. The summed E-state index contributed by atoms with van der Waals surface area (Å²) in [6.07, 6.45) is 2.25. The lowest BCUT2D eigenvalue weighted by Gasteiger charge is -2.03. The molecule has 0 aliphatic carbocycles. The van der Waals surface area contributed by atoms with Gasteiger partial charge in [-0.05, 0) is 11.7 Å². The third-order valence-corrected chi connectivity index (χ3v) is 5.01. The molecule has 0 spiro atoms. The second-order valence-electron chi connectivity index (χ2n) is 4.76. The lowest BCUT2D eigenvalue weighted by molar-refractivity contribution is 0.199. The van der Waals surface area contributed by atoms with E-state index in [0.29, 0.717) is 5.25 Å². The van der Waals surface area contributed by atoms with Crippen LogP contribution in [0.3, 0.4) is 0 Å². The van der Waals surface area contributed by atoms with Crippen LogP contribution < -0.4 is 5.32 Å². The zero-order chi connectivity index (χ0) is 14.1. The van der Waals surface area contributed by atoms with Crippen LogP contribution in [0.25, 0.3) is 0 Å². The quantitative estimate of drug-likeness (QED) is 0.671. The fraction of sp³-hybridized carbons (Fsp3) is 0.786. The van der Waals surface area contributed by atoms with Crippen LogP contribution in [0.1, 0.15) is 42.8 Å². The molecular formula is C14H26N2OS2. The fourth-order valence-electron chi connectivity index (χ4n) is 1.68. The number of rotatable bonds is 10. The Hall–Kier alpha value is -0.100. The molecular weight excluding hydrogens is 276 g/mol. The molecule has 3 nitrogen and oxygen atoms in total. The van der Waals surface area contributed by atoms with Crippen molar-refractivity contribution in [2.24, 2.45) is 0 Å². The summed E-state index contributed by atoms with van der Waals surface area (Å²) in [5.74, 6) is 1.04. The molecule has 1 aromatic heterocycles. The molecule has 19 heavy (non-hydrogen) atoms. The first-order chi connectivity index (χ1) is 9.17. The van der Waals surface area contributed by atoms with E-state index in [1.807, 2.05) is 23.1 Å². The fourth-order valence-corrected chi connectivity index (χ4v) is 3.54. The summed E-state index contributed by atoms with van der Waals surface area (Å²) >= 11 is 3.83. The average molecular weight is 303 g/mol. The van der Waals surface area contributed by atoms with Crippen molar-refractivity contribution in [3.05, 3.63) is 15.6 Å². The van der Waals surface area contributed by atoms with E-state index >= 15 is 0 Å². The minimum atomic E-state index is 0.668. The van der Waals surface area contributed by atoms with Gasteiger partial charge in [-0.15, -0.1) is 11.3 Å². The number of nitrogens with zero attached hydrogens (tertiary/aromatic N) is 1. The SMILES string of the molecule is CCCc1nc(CSC(C)C)sc1CNCCOC. The molecule has 0 amide bonds. The molecule has 0 aliphatic rings. The Balaban J connectivity index is 2.55. The van der Waals surface area contributed by atoms with Gasteiger partial charge >= 0.3 is 0 Å². The van der Waals surface area contributed by atoms with Gasteiger partial charge in [-0.3, -0.25) is 0 Å². The van der Waals surface area contributed by atoms with Crippen molar-refractivity contribution >= 4 is 23.1 Å². The van der Waals surface area contributed by atoms with E-state index in [1.165, 1.54) is 15.6 Å². The molecule has 0 fully saturated rings. The Labute approximate surface area is 125 Å². The van der Waals surface area contributed by atoms with Crippen molar-refractivity contribution in [3.63, 3.8) is 0 Å². The molecule has 0 aromatic carbocycles. The Kier molecular flexibility index (Phi) is 8.70. The smallest absolute Gasteiger partial charge is 0.103 e. The molecule has 0 saturated heterocycles. The molecule has 0 bridgehead atoms. The number of ether oxygens (including phenoxy) is 1. The first-order valence-electron chi connectivity index (χ1n) is 6.96. The summed E-state index contributed by atoms with van der Waals surface area (Å²) < 4.78 is 5.05. The maximum Gasteiger partial charge on any atom is 0.103 e. The van der Waals surface area contributed by atoms with Gasteiger partial charge in [0.05, 0.1) is 12.3 Å². The molecule has 0 aliphatic heterocycles. The monoisotopic (exact) mass is 302 g/mol. The molecule has 5 heteroatoms. The van der Waals surface area contributed by atoms with Crippen LogP contribution in [0.5, 0.6) is 0 Å². The topological polar surface area (TPSA) is 34.2 Å². The van der Waals surface area contributed by atoms with Crippen LogP contribution in [0, 0.1) is 0 Å². The Morgan fingerprint density at radius 3 is 2.84 bits per heavy atom. The first-order valence-corrected chi connectivity index (χ1v) is 8.82. The van der Waals surface area contributed by atoms with Crippen molar-refractivity contribution in [2.45, 2.75) is 51.2 Å². The van der Waals surface area contributed by atoms with Gasteiger partial charge in [0.1, 0.15) is 5.01 Å². The van der Waals surface area contributed by atoms with Gasteiger partial charge in [0.15, 0.2) is 0 Å². The van der Waals surface area contributed by atoms with Gasteiger partial charge in [0.25, 0.3) is 0 Å². The van der Waals surface area contributed by atoms with Gasteiger partial charge in [0, 0.05) is 30.8 Å². The van der Waals surface area contributed by atoms with Gasteiger partial charge in [-0.1, -0.05) is 27.2 Å². The molecule has 110 valence electrons. The molecule has 1 N–H and O–H groups in total. The molecule has 0 atom stereocenters. The van der Waals surface area contributed by atoms with Crippen LogP contribution >= 0.6 is 23.1 Å². The summed E-state index contributed by atoms with van der Waals surface area (Å²) in [6.45, 7) is 9.26. The number of thiazole rings is 1. The van der Waals surface area contributed by atoms with E-state index in [0.717, 1.165) is 38.3 Å². The van der Waals surface area contributed by atoms with E-state index in [2.05, 4.69) is 26.1 Å². The summed E-state index contributed by atoms with van der Waals surface area (Å²) in [5, 5.41) is 5.36. The third-order valence-electron chi connectivity index (χ3n) is 2.62. The zero-order valence-electron chi connectivity index (χ0n) is 12.5. The normalized spacial score (nSPS) is 11.4. The van der Waals surface area contributed by atoms with Crippen LogP contribution in [-0.2, 0) is 23.5 Å². The van der Waals surface area contributed by atoms with E-state index < -0.39 is 0 Å². The third kappa shape index (κ3) is 6.75. The van der Waals surface area contributed by atoms with Crippen molar-refractivity contribution in [1.82, 2.24) is 10.3 Å². The van der Waals surface area contributed by atoms with E-state index in [1.54, 1.807) is 7.11 Å². The maximum atomic E-state index is 5.05. The number of methoxy groups -OCH3 is 1. The number of hydrogen-bond acceptors (Lipinski definition) is 5. The highest BCUT2D eigenvalue weighted by molar-refractivity contribution is 7.99. The second kappa shape index (κ2) is 9.75. The zero-order valence-corrected chi connectivity index (χ0v) is 14.1. The van der Waals surface area contributed by atoms with Crippen molar-refractivity contribution < 1.29 is 4.74 Å². The van der Waals surface area contributed by atoms with Crippen LogP contribution in [0.15, 0.2) is 0 Å². The largest absolute Gasteiger partial charge is 0.383 e. The molecule has 1 aromatic rings. The van der Waals surface area contributed by atoms with Crippen molar-refractivity contribution in [3.8, 4) is 0 Å². The minimum absolute atomic E-state index is 0.668.